The highest BCUT2D eigenvalue weighted by Gasteiger charge is 2.32. The summed E-state index contributed by atoms with van der Waals surface area (Å²) in [5, 5.41) is 3.94. The molecule has 1 saturated carbocycles. The highest BCUT2D eigenvalue weighted by atomic mass is 32.1. The Bertz CT molecular complexity index is 502. The highest BCUT2D eigenvalue weighted by Crippen LogP contribution is 2.39. The van der Waals surface area contributed by atoms with Crippen molar-refractivity contribution in [2.45, 2.75) is 25.8 Å². The highest BCUT2D eigenvalue weighted by molar-refractivity contribution is 7.13. The minimum atomic E-state index is -0.0780. The molecule has 0 radical (unpaired) electrons. The van der Waals surface area contributed by atoms with Crippen LogP contribution in [0.4, 0.5) is 0 Å². The second-order valence-electron chi connectivity index (χ2n) is 4.09. The fourth-order valence-corrected chi connectivity index (χ4v) is 2.36. The third-order valence-electron chi connectivity index (χ3n) is 2.81. The molecule has 0 aromatic carbocycles. The van der Waals surface area contributed by atoms with Crippen LogP contribution in [-0.4, -0.2) is 15.1 Å². The molecule has 3 rings (SSSR count). The number of hydrogen-bond acceptors (Lipinski definition) is 6. The second-order valence-corrected chi connectivity index (χ2v) is 4.94. The molecule has 5 nitrogen and oxygen atoms in total. The van der Waals surface area contributed by atoms with Gasteiger partial charge in [0.25, 0.3) is 5.89 Å². The summed E-state index contributed by atoms with van der Waals surface area (Å²) in [5.74, 6) is 1.68. The van der Waals surface area contributed by atoms with Crippen molar-refractivity contribution in [3.05, 3.63) is 17.0 Å². The van der Waals surface area contributed by atoms with Crippen LogP contribution in [-0.2, 0) is 0 Å². The van der Waals surface area contributed by atoms with Crippen LogP contribution in [0.1, 0.15) is 30.4 Å². The molecule has 0 bridgehead atoms. The Morgan fingerprint density at radius 1 is 1.56 bits per heavy atom. The van der Waals surface area contributed by atoms with Gasteiger partial charge in [-0.25, -0.2) is 4.98 Å². The lowest BCUT2D eigenvalue weighted by molar-refractivity contribution is 0.412. The van der Waals surface area contributed by atoms with Crippen molar-refractivity contribution in [2.24, 2.45) is 11.7 Å². The average molecular weight is 236 g/mol. The van der Waals surface area contributed by atoms with E-state index in [1.165, 1.54) is 24.2 Å². The van der Waals surface area contributed by atoms with E-state index in [9.17, 15) is 0 Å². The number of nitrogens with two attached hydrogens (primary N) is 1. The van der Waals surface area contributed by atoms with Crippen molar-refractivity contribution in [2.75, 3.05) is 0 Å². The molecule has 1 unspecified atom stereocenters. The van der Waals surface area contributed by atoms with Crippen LogP contribution >= 0.6 is 11.3 Å². The predicted octanol–water partition coefficient (Wildman–Crippen LogP) is 1.91. The van der Waals surface area contributed by atoms with Gasteiger partial charge in [0.1, 0.15) is 4.88 Å². The number of nitrogens with zero attached hydrogens (tertiary/aromatic N) is 3. The molecule has 2 N–H and O–H groups in total. The number of rotatable bonds is 3. The van der Waals surface area contributed by atoms with Gasteiger partial charge in [-0.1, -0.05) is 5.16 Å². The number of aromatic nitrogens is 3. The second kappa shape index (κ2) is 3.64. The lowest BCUT2D eigenvalue weighted by atomic mass is 10.2. The molecule has 1 aliphatic rings. The van der Waals surface area contributed by atoms with Gasteiger partial charge >= 0.3 is 0 Å². The fraction of sp³-hybridized carbons (Fsp3) is 0.500. The molecular weight excluding hydrogens is 224 g/mol. The molecule has 84 valence electrons. The summed E-state index contributed by atoms with van der Waals surface area (Å²) in [5.41, 5.74) is 8.70. The van der Waals surface area contributed by atoms with Crippen LogP contribution < -0.4 is 5.73 Å². The van der Waals surface area contributed by atoms with Gasteiger partial charge in [0.2, 0.25) is 0 Å². The third-order valence-corrected chi connectivity index (χ3v) is 3.73. The van der Waals surface area contributed by atoms with Crippen LogP contribution in [0.25, 0.3) is 10.8 Å². The predicted molar refractivity (Wildman–Crippen MR) is 59.8 cm³/mol. The molecule has 0 amide bonds. The average Bonchev–Trinajstić information content (AvgIpc) is 2.86. The molecule has 0 aliphatic heterocycles. The molecule has 0 spiro atoms. The minimum Gasteiger partial charge on any atom is -0.333 e. The summed E-state index contributed by atoms with van der Waals surface area (Å²) in [6.07, 6.45) is 2.34. The Morgan fingerprint density at radius 3 is 3.00 bits per heavy atom. The maximum atomic E-state index is 6.01. The summed E-state index contributed by atoms with van der Waals surface area (Å²) in [4.78, 5) is 9.43. The molecule has 2 heterocycles. The SMILES string of the molecule is Cc1ncsc1-c1nc(C(N)C2CC2)no1. The van der Waals surface area contributed by atoms with E-state index < -0.39 is 0 Å². The first-order chi connectivity index (χ1) is 7.75. The van der Waals surface area contributed by atoms with Gasteiger partial charge in [0.15, 0.2) is 5.82 Å². The quantitative estimate of drug-likeness (QED) is 0.880. The van der Waals surface area contributed by atoms with Gasteiger partial charge in [-0.2, -0.15) is 4.98 Å². The van der Waals surface area contributed by atoms with Crippen LogP contribution in [0.2, 0.25) is 0 Å². The summed E-state index contributed by atoms with van der Waals surface area (Å²) >= 11 is 1.50. The van der Waals surface area contributed by atoms with Crippen molar-refractivity contribution in [3.63, 3.8) is 0 Å². The summed E-state index contributed by atoms with van der Waals surface area (Å²) in [6, 6.07) is -0.0780. The number of aryl methyl sites for hydroxylation is 1. The van der Waals surface area contributed by atoms with Gasteiger partial charge < -0.3 is 10.3 Å². The monoisotopic (exact) mass is 236 g/mol. The Hall–Kier alpha value is -1.27. The lowest BCUT2D eigenvalue weighted by Gasteiger charge is -2.01. The van der Waals surface area contributed by atoms with E-state index in [0.717, 1.165) is 10.6 Å². The maximum absolute atomic E-state index is 6.01. The molecule has 16 heavy (non-hydrogen) atoms. The smallest absolute Gasteiger partial charge is 0.269 e. The normalized spacial score (nSPS) is 17.6. The van der Waals surface area contributed by atoms with Crippen molar-refractivity contribution in [3.8, 4) is 10.8 Å². The zero-order valence-electron chi connectivity index (χ0n) is 8.88. The van der Waals surface area contributed by atoms with Gasteiger partial charge in [0, 0.05) is 0 Å². The molecule has 0 saturated heterocycles. The van der Waals surface area contributed by atoms with Crippen LogP contribution in [0, 0.1) is 12.8 Å². The number of thiazole rings is 1. The summed E-state index contributed by atoms with van der Waals surface area (Å²) < 4.78 is 5.22. The molecule has 6 heteroatoms. The van der Waals surface area contributed by atoms with E-state index >= 15 is 0 Å². The zero-order valence-corrected chi connectivity index (χ0v) is 9.70. The van der Waals surface area contributed by atoms with Crippen molar-refractivity contribution in [1.82, 2.24) is 15.1 Å². The Kier molecular flexibility index (Phi) is 2.26. The molecule has 1 fully saturated rings. The van der Waals surface area contributed by atoms with Crippen molar-refractivity contribution < 1.29 is 4.52 Å². The fourth-order valence-electron chi connectivity index (χ4n) is 1.64. The standard InChI is InChI=1S/C10H12N4OS/c1-5-8(16-4-12-5)10-13-9(14-15-10)7(11)6-2-3-6/h4,6-7H,2-3,11H2,1H3. The van der Waals surface area contributed by atoms with Crippen LogP contribution in [0.5, 0.6) is 0 Å². The first kappa shape index (κ1) is 9.92. The van der Waals surface area contributed by atoms with Gasteiger partial charge in [-0.3, -0.25) is 0 Å². The molecule has 1 atom stereocenters. The van der Waals surface area contributed by atoms with Crippen LogP contribution in [0.15, 0.2) is 10.0 Å². The van der Waals surface area contributed by atoms with Gasteiger partial charge in [0.05, 0.1) is 17.2 Å². The van der Waals surface area contributed by atoms with Gasteiger partial charge in [-0.05, 0) is 25.7 Å². The van der Waals surface area contributed by atoms with Gasteiger partial charge in [-0.15, -0.1) is 11.3 Å². The third kappa shape index (κ3) is 1.64. The van der Waals surface area contributed by atoms with E-state index in [0.29, 0.717) is 17.6 Å². The lowest BCUT2D eigenvalue weighted by Crippen LogP contribution is -2.13. The zero-order chi connectivity index (χ0) is 11.1. The topological polar surface area (TPSA) is 77.8 Å². The Balaban J connectivity index is 1.90. The molecule has 2 aromatic rings. The van der Waals surface area contributed by atoms with E-state index in [-0.39, 0.29) is 6.04 Å². The van der Waals surface area contributed by atoms with E-state index in [1.807, 2.05) is 6.92 Å². The number of hydrogen-bond donors (Lipinski definition) is 1. The van der Waals surface area contributed by atoms with E-state index in [2.05, 4.69) is 15.1 Å². The molecule has 2 aromatic heterocycles. The summed E-state index contributed by atoms with van der Waals surface area (Å²) in [6.45, 7) is 1.93. The van der Waals surface area contributed by atoms with Crippen molar-refractivity contribution >= 4 is 11.3 Å². The first-order valence-electron chi connectivity index (χ1n) is 5.25. The molecular formula is C10H12N4OS. The van der Waals surface area contributed by atoms with Crippen molar-refractivity contribution in [1.29, 1.82) is 0 Å². The van der Waals surface area contributed by atoms with Crippen LogP contribution in [0.3, 0.4) is 0 Å². The minimum absolute atomic E-state index is 0.0780. The Morgan fingerprint density at radius 2 is 2.38 bits per heavy atom. The maximum Gasteiger partial charge on any atom is 0.269 e. The van der Waals surface area contributed by atoms with E-state index in [1.54, 1.807) is 5.51 Å². The first-order valence-corrected chi connectivity index (χ1v) is 6.13. The summed E-state index contributed by atoms with van der Waals surface area (Å²) in [7, 11) is 0. The van der Waals surface area contributed by atoms with E-state index in [4.69, 9.17) is 10.3 Å². The largest absolute Gasteiger partial charge is 0.333 e. The molecule has 1 aliphatic carbocycles. The Labute approximate surface area is 96.7 Å².